The first kappa shape index (κ1) is 24.6. The summed E-state index contributed by atoms with van der Waals surface area (Å²) in [7, 11) is 0. The molecule has 0 unspecified atom stereocenters. The molecule has 2 fully saturated rings. The number of hydrogen-bond acceptors (Lipinski definition) is 7. The normalized spacial score (nSPS) is 22.2. The maximum absolute atomic E-state index is 13.0. The molecular weight excluding hydrogens is 491 g/mol. The van der Waals surface area contributed by atoms with Crippen molar-refractivity contribution in [3.05, 3.63) is 52.9 Å². The average molecular weight is 518 g/mol. The maximum Gasteiger partial charge on any atom is 0.433 e. The van der Waals surface area contributed by atoms with Gasteiger partial charge in [0.2, 0.25) is 11.9 Å². The van der Waals surface area contributed by atoms with E-state index in [-0.39, 0.29) is 17.8 Å². The molecule has 1 aliphatic heterocycles. The molecular formula is C25H26F3N5O2S. The first-order valence-electron chi connectivity index (χ1n) is 11.9. The Hall–Kier alpha value is -3.05. The second-order valence-corrected chi connectivity index (χ2v) is 10.5. The summed E-state index contributed by atoms with van der Waals surface area (Å²) in [6.07, 6.45) is 1.51. The van der Waals surface area contributed by atoms with Crippen LogP contribution in [0.2, 0.25) is 0 Å². The number of nitrogens with zero attached hydrogens (tertiary/aromatic N) is 4. The average Bonchev–Trinajstić information content (AvgIpc) is 3.29. The number of nitrogens with one attached hydrogen (secondary N) is 1. The molecule has 1 amide bonds. The molecule has 2 N–H and O–H groups in total. The summed E-state index contributed by atoms with van der Waals surface area (Å²) >= 11 is 1.39. The first-order chi connectivity index (χ1) is 17.1. The predicted molar refractivity (Wildman–Crippen MR) is 130 cm³/mol. The van der Waals surface area contributed by atoms with Gasteiger partial charge in [-0.3, -0.25) is 4.79 Å². The highest BCUT2D eigenvalue weighted by Crippen LogP contribution is 2.43. The molecule has 1 aromatic carbocycles. The minimum Gasteiger partial charge on any atom is -0.383 e. The number of likely N-dealkylation sites (tertiary alicyclic amines) is 1. The summed E-state index contributed by atoms with van der Waals surface area (Å²) in [5.41, 5.74) is 0.169. The number of aliphatic hydroxyl groups is 1. The third-order valence-corrected chi connectivity index (χ3v) is 8.04. The van der Waals surface area contributed by atoms with Crippen LogP contribution in [0.25, 0.3) is 10.4 Å². The van der Waals surface area contributed by atoms with Gasteiger partial charge in [0.25, 0.3) is 0 Å². The van der Waals surface area contributed by atoms with E-state index in [9.17, 15) is 23.1 Å². The second kappa shape index (κ2) is 9.44. The molecule has 0 radical (unpaired) electrons. The van der Waals surface area contributed by atoms with Gasteiger partial charge >= 0.3 is 6.18 Å². The molecule has 1 saturated heterocycles. The molecule has 0 bridgehead atoms. The molecule has 2 aliphatic rings. The van der Waals surface area contributed by atoms with Crippen molar-refractivity contribution in [3.8, 4) is 10.4 Å². The Morgan fingerprint density at radius 1 is 1.19 bits per heavy atom. The van der Waals surface area contributed by atoms with E-state index < -0.39 is 17.5 Å². The minimum atomic E-state index is -4.56. The van der Waals surface area contributed by atoms with Crippen molar-refractivity contribution in [1.82, 2.24) is 19.9 Å². The number of rotatable bonds is 5. The van der Waals surface area contributed by atoms with Crippen LogP contribution in [0.1, 0.15) is 48.4 Å². The van der Waals surface area contributed by atoms with Gasteiger partial charge in [-0.05, 0) is 68.4 Å². The highest BCUT2D eigenvalue weighted by Gasteiger charge is 2.41. The Morgan fingerprint density at radius 2 is 1.94 bits per heavy atom. The molecule has 7 nitrogen and oxygen atoms in total. The van der Waals surface area contributed by atoms with Gasteiger partial charge in [0.05, 0.1) is 4.88 Å². The van der Waals surface area contributed by atoms with Gasteiger partial charge in [0, 0.05) is 37.1 Å². The highest BCUT2D eigenvalue weighted by molar-refractivity contribution is 7.15. The van der Waals surface area contributed by atoms with Gasteiger partial charge in [-0.25, -0.2) is 15.0 Å². The van der Waals surface area contributed by atoms with E-state index in [0.29, 0.717) is 36.4 Å². The summed E-state index contributed by atoms with van der Waals surface area (Å²) in [6.45, 7) is 3.55. The van der Waals surface area contributed by atoms with Gasteiger partial charge < -0.3 is 15.3 Å². The molecule has 3 heterocycles. The number of aryl methyl sites for hydroxylation is 1. The second-order valence-electron chi connectivity index (χ2n) is 9.49. The number of thiazole rings is 1. The number of hydrogen-bond donors (Lipinski definition) is 2. The van der Waals surface area contributed by atoms with E-state index in [4.69, 9.17) is 0 Å². The van der Waals surface area contributed by atoms with E-state index >= 15 is 0 Å². The van der Waals surface area contributed by atoms with Crippen LogP contribution in [0.4, 0.5) is 24.8 Å². The van der Waals surface area contributed by atoms with E-state index in [2.05, 4.69) is 20.3 Å². The summed E-state index contributed by atoms with van der Waals surface area (Å²) in [6, 6.07) is 6.35. The molecule has 190 valence electrons. The zero-order valence-electron chi connectivity index (χ0n) is 19.7. The molecule has 0 spiro atoms. The maximum atomic E-state index is 13.0. The lowest BCUT2D eigenvalue weighted by atomic mass is 9.78. The SMILES string of the molecule is Cc1cc(Nc2nccc(C(F)(F)F)n2)cc(-c2cnc([C@]3(O)CC[C@H](C(=O)N4CCC4)CC3)s2)c1. The summed E-state index contributed by atoms with van der Waals surface area (Å²) < 4.78 is 39.0. The largest absolute Gasteiger partial charge is 0.433 e. The molecule has 2 aromatic heterocycles. The molecule has 3 aromatic rings. The quantitative estimate of drug-likeness (QED) is 0.479. The van der Waals surface area contributed by atoms with Crippen molar-refractivity contribution in [2.45, 2.75) is 50.8 Å². The number of amides is 1. The fraction of sp³-hybridized carbons (Fsp3) is 0.440. The molecule has 1 aliphatic carbocycles. The van der Waals surface area contributed by atoms with Crippen LogP contribution in [0, 0.1) is 12.8 Å². The third kappa shape index (κ3) is 5.08. The van der Waals surface area contributed by atoms with Gasteiger partial charge in [0.1, 0.15) is 16.3 Å². The van der Waals surface area contributed by atoms with Crippen molar-refractivity contribution < 1.29 is 23.1 Å². The van der Waals surface area contributed by atoms with Crippen molar-refractivity contribution in [1.29, 1.82) is 0 Å². The molecule has 36 heavy (non-hydrogen) atoms. The standard InChI is InChI=1S/C25H26F3N5O2S/c1-15-11-17(13-18(12-15)31-23-29-8-5-20(32-23)25(26,27)28)19-14-30-22(36-19)24(35)6-3-16(4-7-24)21(34)33-9-2-10-33/h5,8,11-14,16,35H,2-4,6-7,9-10H2,1H3,(H,29,31,32)/t16-,24-. The van der Waals surface area contributed by atoms with Gasteiger partial charge in [-0.2, -0.15) is 13.2 Å². The van der Waals surface area contributed by atoms with Crippen LogP contribution in [-0.4, -0.2) is 44.0 Å². The lowest BCUT2D eigenvalue weighted by Crippen LogP contribution is -2.47. The van der Waals surface area contributed by atoms with E-state index in [0.717, 1.165) is 47.8 Å². The Morgan fingerprint density at radius 3 is 2.61 bits per heavy atom. The van der Waals surface area contributed by atoms with Crippen LogP contribution >= 0.6 is 11.3 Å². The lowest BCUT2D eigenvalue weighted by Gasteiger charge is -2.38. The smallest absolute Gasteiger partial charge is 0.383 e. The van der Waals surface area contributed by atoms with Crippen molar-refractivity contribution >= 4 is 28.9 Å². The van der Waals surface area contributed by atoms with Crippen LogP contribution in [0.5, 0.6) is 0 Å². The zero-order valence-corrected chi connectivity index (χ0v) is 20.5. The first-order valence-corrected chi connectivity index (χ1v) is 12.7. The number of benzene rings is 1. The number of carbonyl (C=O) groups is 1. The zero-order chi connectivity index (χ0) is 25.5. The Bertz CT molecular complexity index is 1270. The molecule has 11 heteroatoms. The third-order valence-electron chi connectivity index (χ3n) is 6.80. The van der Waals surface area contributed by atoms with Crippen LogP contribution in [0.3, 0.4) is 0 Å². The number of halogens is 3. The molecule has 0 atom stereocenters. The van der Waals surface area contributed by atoms with Crippen molar-refractivity contribution in [3.63, 3.8) is 0 Å². The number of carbonyl (C=O) groups excluding carboxylic acids is 1. The highest BCUT2D eigenvalue weighted by atomic mass is 32.1. The topological polar surface area (TPSA) is 91.2 Å². The summed E-state index contributed by atoms with van der Waals surface area (Å²) in [5.74, 6) is 0.0198. The van der Waals surface area contributed by atoms with E-state index in [1.807, 2.05) is 17.9 Å². The number of aromatic nitrogens is 3. The monoisotopic (exact) mass is 517 g/mol. The Labute approximate surface area is 210 Å². The van der Waals surface area contributed by atoms with E-state index in [1.165, 1.54) is 11.3 Å². The van der Waals surface area contributed by atoms with Crippen molar-refractivity contribution in [2.75, 3.05) is 18.4 Å². The van der Waals surface area contributed by atoms with Crippen LogP contribution in [-0.2, 0) is 16.6 Å². The minimum absolute atomic E-state index is 0.0338. The van der Waals surface area contributed by atoms with Gasteiger partial charge in [0.15, 0.2) is 0 Å². The summed E-state index contributed by atoms with van der Waals surface area (Å²) in [4.78, 5) is 27.2. The molecule has 5 rings (SSSR count). The Balaban J connectivity index is 1.31. The van der Waals surface area contributed by atoms with E-state index in [1.54, 1.807) is 18.3 Å². The fourth-order valence-corrected chi connectivity index (χ4v) is 5.73. The Kier molecular flexibility index (Phi) is 6.46. The van der Waals surface area contributed by atoms with Gasteiger partial charge in [-0.15, -0.1) is 11.3 Å². The van der Waals surface area contributed by atoms with Crippen LogP contribution < -0.4 is 5.32 Å². The number of anilines is 2. The summed E-state index contributed by atoms with van der Waals surface area (Å²) in [5, 5.41) is 14.8. The van der Waals surface area contributed by atoms with Crippen LogP contribution in [0.15, 0.2) is 36.7 Å². The molecule has 1 saturated carbocycles. The van der Waals surface area contributed by atoms with Crippen molar-refractivity contribution in [2.24, 2.45) is 5.92 Å². The fourth-order valence-electron chi connectivity index (χ4n) is 4.68. The predicted octanol–water partition coefficient (Wildman–Crippen LogP) is 5.28. The lowest BCUT2D eigenvalue weighted by molar-refractivity contribution is -0.142. The van der Waals surface area contributed by atoms with Gasteiger partial charge in [-0.1, -0.05) is 6.07 Å². The number of alkyl halides is 3.